The summed E-state index contributed by atoms with van der Waals surface area (Å²) in [6.07, 6.45) is 0. The molecule has 0 aliphatic heterocycles. The Balaban J connectivity index is 2.34. The van der Waals surface area contributed by atoms with E-state index in [9.17, 15) is 9.18 Å². The average molecular weight is 319 g/mol. The van der Waals surface area contributed by atoms with Crippen LogP contribution in [0.1, 0.15) is 10.4 Å². The molecular formula is C12H16BrFN2O2. The lowest BCUT2D eigenvalue weighted by Gasteiger charge is -2.07. The van der Waals surface area contributed by atoms with Crippen molar-refractivity contribution < 1.29 is 13.9 Å². The molecule has 18 heavy (non-hydrogen) atoms. The molecule has 4 nitrogen and oxygen atoms in total. The van der Waals surface area contributed by atoms with E-state index >= 15 is 0 Å². The zero-order valence-corrected chi connectivity index (χ0v) is 11.7. The number of methoxy groups -OCH3 is 1. The van der Waals surface area contributed by atoms with E-state index in [2.05, 4.69) is 26.6 Å². The van der Waals surface area contributed by atoms with Gasteiger partial charge in [0.1, 0.15) is 5.82 Å². The number of hydrogen-bond acceptors (Lipinski definition) is 3. The van der Waals surface area contributed by atoms with Gasteiger partial charge in [0.2, 0.25) is 0 Å². The minimum absolute atomic E-state index is 0.0428. The van der Waals surface area contributed by atoms with Gasteiger partial charge in [-0.3, -0.25) is 4.79 Å². The molecule has 1 aromatic carbocycles. The molecule has 1 rings (SSSR count). The van der Waals surface area contributed by atoms with Gasteiger partial charge in [0.25, 0.3) is 5.91 Å². The number of amides is 1. The van der Waals surface area contributed by atoms with Crippen LogP contribution in [0.25, 0.3) is 0 Å². The van der Waals surface area contributed by atoms with Crippen molar-refractivity contribution in [1.82, 2.24) is 10.6 Å². The molecule has 0 saturated heterocycles. The Morgan fingerprint density at radius 1 is 1.39 bits per heavy atom. The summed E-state index contributed by atoms with van der Waals surface area (Å²) in [4.78, 5) is 11.7. The Kier molecular flexibility index (Phi) is 6.85. The largest absolute Gasteiger partial charge is 0.383 e. The molecule has 0 aliphatic carbocycles. The Morgan fingerprint density at radius 3 is 2.89 bits per heavy atom. The molecule has 0 bridgehead atoms. The van der Waals surface area contributed by atoms with Crippen molar-refractivity contribution in [3.8, 4) is 0 Å². The van der Waals surface area contributed by atoms with E-state index < -0.39 is 11.7 Å². The topological polar surface area (TPSA) is 50.4 Å². The third kappa shape index (κ3) is 5.12. The maximum Gasteiger partial charge on any atom is 0.254 e. The van der Waals surface area contributed by atoms with Gasteiger partial charge < -0.3 is 15.4 Å². The fourth-order valence-electron chi connectivity index (χ4n) is 1.33. The van der Waals surface area contributed by atoms with Crippen molar-refractivity contribution in [3.05, 3.63) is 34.1 Å². The minimum Gasteiger partial charge on any atom is -0.383 e. The van der Waals surface area contributed by atoms with Crippen LogP contribution in [0.3, 0.4) is 0 Å². The lowest BCUT2D eigenvalue weighted by Crippen LogP contribution is -2.33. The predicted molar refractivity (Wildman–Crippen MR) is 71.2 cm³/mol. The van der Waals surface area contributed by atoms with Crippen molar-refractivity contribution in [3.63, 3.8) is 0 Å². The Hall–Kier alpha value is -0.980. The summed E-state index contributed by atoms with van der Waals surface area (Å²) in [6.45, 7) is 2.39. The van der Waals surface area contributed by atoms with Gasteiger partial charge in [-0.25, -0.2) is 4.39 Å². The van der Waals surface area contributed by atoms with Gasteiger partial charge in [0, 0.05) is 31.2 Å². The van der Waals surface area contributed by atoms with Crippen LogP contribution >= 0.6 is 15.9 Å². The first-order valence-electron chi connectivity index (χ1n) is 5.58. The van der Waals surface area contributed by atoms with Crippen molar-refractivity contribution in [2.45, 2.75) is 0 Å². The van der Waals surface area contributed by atoms with E-state index in [1.54, 1.807) is 13.2 Å². The van der Waals surface area contributed by atoms with Crippen molar-refractivity contribution in [1.29, 1.82) is 0 Å². The molecule has 0 fully saturated rings. The van der Waals surface area contributed by atoms with Gasteiger partial charge >= 0.3 is 0 Å². The van der Waals surface area contributed by atoms with Gasteiger partial charge in [-0.05, 0) is 18.2 Å². The summed E-state index contributed by atoms with van der Waals surface area (Å²) in [6, 6.07) is 4.28. The number of benzene rings is 1. The van der Waals surface area contributed by atoms with Crippen LogP contribution < -0.4 is 10.6 Å². The van der Waals surface area contributed by atoms with E-state index in [4.69, 9.17) is 4.74 Å². The highest BCUT2D eigenvalue weighted by molar-refractivity contribution is 9.10. The SMILES string of the molecule is COCCNCCNC(=O)c1cc(Br)ccc1F. The third-order valence-corrected chi connectivity index (χ3v) is 2.74. The highest BCUT2D eigenvalue weighted by atomic mass is 79.9. The van der Waals surface area contributed by atoms with Gasteiger partial charge in [-0.15, -0.1) is 0 Å². The normalized spacial score (nSPS) is 10.4. The highest BCUT2D eigenvalue weighted by Crippen LogP contribution is 2.15. The van der Waals surface area contributed by atoms with Gasteiger partial charge in [0.05, 0.1) is 12.2 Å². The number of nitrogens with one attached hydrogen (secondary N) is 2. The summed E-state index contributed by atoms with van der Waals surface area (Å²) in [7, 11) is 1.62. The van der Waals surface area contributed by atoms with Crippen LogP contribution in [0.4, 0.5) is 4.39 Å². The molecule has 100 valence electrons. The fourth-order valence-corrected chi connectivity index (χ4v) is 1.69. The molecular weight excluding hydrogens is 303 g/mol. The van der Waals surface area contributed by atoms with E-state index in [0.29, 0.717) is 24.2 Å². The number of rotatable bonds is 7. The second-order valence-corrected chi connectivity index (χ2v) is 4.54. The molecule has 0 aliphatic rings. The summed E-state index contributed by atoms with van der Waals surface area (Å²) >= 11 is 3.20. The maximum absolute atomic E-state index is 13.4. The quantitative estimate of drug-likeness (QED) is 0.750. The van der Waals surface area contributed by atoms with Crippen molar-refractivity contribution in [2.75, 3.05) is 33.4 Å². The first kappa shape index (κ1) is 15.1. The fraction of sp³-hybridized carbons (Fsp3) is 0.417. The molecule has 0 saturated carbocycles. The summed E-state index contributed by atoms with van der Waals surface area (Å²) in [5.41, 5.74) is 0.0428. The maximum atomic E-state index is 13.4. The number of halogens is 2. The van der Waals surface area contributed by atoms with Crippen LogP contribution in [0.2, 0.25) is 0 Å². The number of hydrogen-bond donors (Lipinski definition) is 2. The van der Waals surface area contributed by atoms with Crippen LogP contribution in [0.5, 0.6) is 0 Å². The zero-order valence-electron chi connectivity index (χ0n) is 10.1. The molecule has 0 heterocycles. The van der Waals surface area contributed by atoms with E-state index in [1.807, 2.05) is 0 Å². The second kappa shape index (κ2) is 8.18. The predicted octanol–water partition coefficient (Wildman–Crippen LogP) is 1.55. The van der Waals surface area contributed by atoms with Crippen LogP contribution in [0, 0.1) is 5.82 Å². The molecule has 6 heteroatoms. The molecule has 2 N–H and O–H groups in total. The first-order valence-corrected chi connectivity index (χ1v) is 6.37. The molecule has 1 amide bonds. The molecule has 0 aromatic heterocycles. The minimum atomic E-state index is -0.525. The van der Waals surface area contributed by atoms with Gasteiger partial charge in [0.15, 0.2) is 0 Å². The lowest BCUT2D eigenvalue weighted by molar-refractivity contribution is 0.0949. The van der Waals surface area contributed by atoms with E-state index in [0.717, 1.165) is 6.54 Å². The molecule has 0 unspecified atom stereocenters. The Bertz CT molecular complexity index is 402. The van der Waals surface area contributed by atoms with Crippen molar-refractivity contribution >= 4 is 21.8 Å². The average Bonchev–Trinajstić information content (AvgIpc) is 2.36. The van der Waals surface area contributed by atoms with E-state index in [-0.39, 0.29) is 5.56 Å². The van der Waals surface area contributed by atoms with Crippen LogP contribution in [-0.4, -0.2) is 39.3 Å². The smallest absolute Gasteiger partial charge is 0.254 e. The summed E-state index contributed by atoms with van der Waals surface area (Å²) in [5.74, 6) is -0.939. The molecule has 1 aromatic rings. The Morgan fingerprint density at radius 2 is 2.17 bits per heavy atom. The first-order chi connectivity index (χ1) is 8.65. The van der Waals surface area contributed by atoms with E-state index in [1.165, 1.54) is 12.1 Å². The van der Waals surface area contributed by atoms with Gasteiger partial charge in [-0.1, -0.05) is 15.9 Å². The summed E-state index contributed by atoms with van der Waals surface area (Å²) in [5, 5.41) is 5.72. The third-order valence-electron chi connectivity index (χ3n) is 2.24. The number of carbonyl (C=O) groups excluding carboxylic acids is 1. The zero-order chi connectivity index (χ0) is 13.4. The van der Waals surface area contributed by atoms with Crippen molar-refractivity contribution in [2.24, 2.45) is 0 Å². The second-order valence-electron chi connectivity index (χ2n) is 3.62. The highest BCUT2D eigenvalue weighted by Gasteiger charge is 2.11. The molecule has 0 spiro atoms. The molecule has 0 radical (unpaired) electrons. The standard InChI is InChI=1S/C12H16BrFN2O2/c1-18-7-6-15-4-5-16-12(17)10-8-9(13)2-3-11(10)14/h2-3,8,15H,4-7H2,1H3,(H,16,17). The van der Waals surface area contributed by atoms with Crippen LogP contribution in [-0.2, 0) is 4.74 Å². The van der Waals surface area contributed by atoms with Gasteiger partial charge in [-0.2, -0.15) is 0 Å². The number of ether oxygens (including phenoxy) is 1. The van der Waals surface area contributed by atoms with Crippen LogP contribution in [0.15, 0.2) is 22.7 Å². The summed E-state index contributed by atoms with van der Waals surface area (Å²) < 4.78 is 18.9. The Labute approximate surface area is 114 Å². The lowest BCUT2D eigenvalue weighted by atomic mass is 10.2. The monoisotopic (exact) mass is 318 g/mol. The molecule has 0 atom stereocenters. The number of carbonyl (C=O) groups is 1.